The Balaban J connectivity index is 2.03. The van der Waals surface area contributed by atoms with Crippen molar-refractivity contribution in [3.63, 3.8) is 0 Å². The third kappa shape index (κ3) is 2.78. The average molecular weight is 316 g/mol. The molecule has 0 aliphatic rings. The predicted molar refractivity (Wildman–Crippen MR) is 82.1 cm³/mol. The number of imidazole rings is 1. The fourth-order valence-corrected chi connectivity index (χ4v) is 2.81. The lowest BCUT2D eigenvalue weighted by Crippen LogP contribution is -1.98. The summed E-state index contributed by atoms with van der Waals surface area (Å²) in [6.45, 7) is 0. The fourth-order valence-electron chi connectivity index (χ4n) is 2.18. The fraction of sp³-hybridized carbons (Fsp3) is 0.0625. The molecule has 0 aliphatic heterocycles. The van der Waals surface area contributed by atoms with Crippen molar-refractivity contribution in [1.82, 2.24) is 9.55 Å². The molecule has 0 N–H and O–H groups in total. The van der Waals surface area contributed by atoms with E-state index in [-0.39, 0.29) is 10.7 Å². The lowest BCUT2D eigenvalue weighted by atomic mass is 10.2. The van der Waals surface area contributed by atoms with Crippen molar-refractivity contribution >= 4 is 9.84 Å². The summed E-state index contributed by atoms with van der Waals surface area (Å²) in [5, 5.41) is 0. The summed E-state index contributed by atoms with van der Waals surface area (Å²) in [4.78, 5) is 4.56. The van der Waals surface area contributed by atoms with E-state index in [0.29, 0.717) is 5.82 Å². The Labute approximate surface area is 127 Å². The van der Waals surface area contributed by atoms with Gasteiger partial charge >= 0.3 is 0 Å². The first-order valence-corrected chi connectivity index (χ1v) is 8.44. The van der Waals surface area contributed by atoms with E-state index in [1.807, 2.05) is 4.57 Å². The quantitative estimate of drug-likeness (QED) is 0.746. The van der Waals surface area contributed by atoms with Gasteiger partial charge < -0.3 is 0 Å². The van der Waals surface area contributed by atoms with Crippen LogP contribution >= 0.6 is 0 Å². The van der Waals surface area contributed by atoms with Gasteiger partial charge in [-0.25, -0.2) is 17.8 Å². The number of hydrogen-bond donors (Lipinski definition) is 0. The molecule has 0 saturated heterocycles. The molecule has 112 valence electrons. The van der Waals surface area contributed by atoms with Crippen molar-refractivity contribution in [1.29, 1.82) is 0 Å². The van der Waals surface area contributed by atoms with Gasteiger partial charge in [0.2, 0.25) is 0 Å². The maximum Gasteiger partial charge on any atom is 0.175 e. The van der Waals surface area contributed by atoms with E-state index in [2.05, 4.69) is 4.98 Å². The van der Waals surface area contributed by atoms with Crippen LogP contribution in [0.3, 0.4) is 0 Å². The van der Waals surface area contributed by atoms with Crippen LogP contribution in [-0.2, 0) is 9.84 Å². The smallest absolute Gasteiger partial charge is 0.175 e. The molecule has 1 heterocycles. The molecule has 0 spiro atoms. The van der Waals surface area contributed by atoms with Crippen LogP contribution in [-0.4, -0.2) is 24.2 Å². The van der Waals surface area contributed by atoms with Gasteiger partial charge in [-0.3, -0.25) is 4.57 Å². The van der Waals surface area contributed by atoms with Crippen LogP contribution in [0.5, 0.6) is 0 Å². The van der Waals surface area contributed by atoms with Gasteiger partial charge in [0.15, 0.2) is 9.84 Å². The van der Waals surface area contributed by atoms with E-state index in [9.17, 15) is 12.8 Å². The van der Waals surface area contributed by atoms with Gasteiger partial charge in [-0.1, -0.05) is 0 Å². The van der Waals surface area contributed by atoms with E-state index >= 15 is 0 Å². The summed E-state index contributed by atoms with van der Waals surface area (Å²) in [5.74, 6) is 0.356. The van der Waals surface area contributed by atoms with E-state index in [4.69, 9.17) is 0 Å². The van der Waals surface area contributed by atoms with E-state index in [1.54, 1.807) is 48.8 Å². The van der Waals surface area contributed by atoms with Crippen molar-refractivity contribution in [3.8, 4) is 17.1 Å². The molecule has 0 aliphatic carbocycles. The molecule has 0 amide bonds. The first kappa shape index (κ1) is 14.5. The van der Waals surface area contributed by atoms with Crippen molar-refractivity contribution in [3.05, 3.63) is 66.7 Å². The second-order valence-electron chi connectivity index (χ2n) is 4.89. The molecule has 0 fully saturated rings. The summed E-state index contributed by atoms with van der Waals surface area (Å²) >= 11 is 0. The van der Waals surface area contributed by atoms with Gasteiger partial charge in [0, 0.05) is 29.9 Å². The zero-order valence-electron chi connectivity index (χ0n) is 11.8. The molecule has 1 aromatic heterocycles. The Morgan fingerprint density at radius 2 is 1.64 bits per heavy atom. The number of nitrogens with zero attached hydrogens (tertiary/aromatic N) is 2. The first-order valence-electron chi connectivity index (χ1n) is 6.55. The molecule has 3 rings (SSSR count). The normalized spacial score (nSPS) is 11.5. The largest absolute Gasteiger partial charge is 0.300 e. The minimum Gasteiger partial charge on any atom is -0.300 e. The van der Waals surface area contributed by atoms with Crippen molar-refractivity contribution in [2.24, 2.45) is 0 Å². The number of aromatic nitrogens is 2. The van der Waals surface area contributed by atoms with Crippen LogP contribution < -0.4 is 0 Å². The third-order valence-electron chi connectivity index (χ3n) is 3.29. The highest BCUT2D eigenvalue weighted by atomic mass is 32.2. The van der Waals surface area contributed by atoms with Crippen LogP contribution in [0.2, 0.25) is 0 Å². The topological polar surface area (TPSA) is 52.0 Å². The lowest BCUT2D eigenvalue weighted by Gasteiger charge is -2.08. The summed E-state index contributed by atoms with van der Waals surface area (Å²) in [7, 11) is -3.22. The molecule has 0 bridgehead atoms. The molecule has 2 aromatic carbocycles. The van der Waals surface area contributed by atoms with Crippen LogP contribution in [0.4, 0.5) is 4.39 Å². The van der Waals surface area contributed by atoms with Gasteiger partial charge in [0.1, 0.15) is 11.6 Å². The minimum atomic E-state index is -3.22. The number of hydrogen-bond acceptors (Lipinski definition) is 3. The number of rotatable bonds is 3. The summed E-state index contributed by atoms with van der Waals surface area (Å²) in [5.41, 5.74) is 1.56. The van der Waals surface area contributed by atoms with Crippen molar-refractivity contribution in [2.45, 2.75) is 4.90 Å². The molecule has 0 saturated carbocycles. The first-order chi connectivity index (χ1) is 10.4. The van der Waals surface area contributed by atoms with Crippen LogP contribution in [0.15, 0.2) is 65.8 Å². The molecule has 0 atom stereocenters. The number of sulfone groups is 1. The maximum atomic E-state index is 13.0. The predicted octanol–water partition coefficient (Wildman–Crippen LogP) is 3.08. The second kappa shape index (κ2) is 5.38. The van der Waals surface area contributed by atoms with Crippen molar-refractivity contribution < 1.29 is 12.8 Å². The van der Waals surface area contributed by atoms with Gasteiger partial charge in [-0.05, 0) is 48.5 Å². The molecule has 0 unspecified atom stereocenters. The van der Waals surface area contributed by atoms with Crippen LogP contribution in [0, 0.1) is 5.82 Å². The molecular weight excluding hydrogens is 303 g/mol. The Morgan fingerprint density at radius 3 is 2.23 bits per heavy atom. The van der Waals surface area contributed by atoms with Gasteiger partial charge in [-0.2, -0.15) is 0 Å². The van der Waals surface area contributed by atoms with Gasteiger partial charge in [0.05, 0.1) is 4.90 Å². The third-order valence-corrected chi connectivity index (χ3v) is 4.41. The Kier molecular flexibility index (Phi) is 3.54. The number of halogens is 1. The Hall–Kier alpha value is -2.47. The highest BCUT2D eigenvalue weighted by Gasteiger charge is 2.10. The second-order valence-corrected chi connectivity index (χ2v) is 6.91. The van der Waals surface area contributed by atoms with E-state index in [0.717, 1.165) is 11.3 Å². The van der Waals surface area contributed by atoms with Crippen LogP contribution in [0.1, 0.15) is 0 Å². The van der Waals surface area contributed by atoms with Crippen molar-refractivity contribution in [2.75, 3.05) is 6.26 Å². The van der Waals surface area contributed by atoms with Gasteiger partial charge in [-0.15, -0.1) is 0 Å². The van der Waals surface area contributed by atoms with Gasteiger partial charge in [0.25, 0.3) is 0 Å². The standard InChI is InChI=1S/C16H13FN2O2S/c1-22(20,21)15-8-2-12(3-9-15)16-18-10-11-19(16)14-6-4-13(17)5-7-14/h2-11H,1H3. The zero-order chi connectivity index (χ0) is 15.7. The molecule has 0 radical (unpaired) electrons. The number of benzene rings is 2. The SMILES string of the molecule is CS(=O)(=O)c1ccc(-c2nccn2-c2ccc(F)cc2)cc1. The highest BCUT2D eigenvalue weighted by molar-refractivity contribution is 7.90. The molecule has 6 heteroatoms. The average Bonchev–Trinajstić information content (AvgIpc) is 2.97. The maximum absolute atomic E-state index is 13.0. The molecule has 22 heavy (non-hydrogen) atoms. The van der Waals surface area contributed by atoms with E-state index < -0.39 is 9.84 Å². The summed E-state index contributed by atoms with van der Waals surface area (Å²) in [6, 6.07) is 12.6. The summed E-state index contributed by atoms with van der Waals surface area (Å²) in [6.07, 6.45) is 4.58. The summed E-state index contributed by atoms with van der Waals surface area (Å²) < 4.78 is 37.8. The minimum absolute atomic E-state index is 0.260. The highest BCUT2D eigenvalue weighted by Crippen LogP contribution is 2.23. The van der Waals surface area contributed by atoms with E-state index in [1.165, 1.54) is 18.4 Å². The molecular formula is C16H13FN2O2S. The van der Waals surface area contributed by atoms with Crippen LogP contribution in [0.25, 0.3) is 17.1 Å². The zero-order valence-corrected chi connectivity index (χ0v) is 12.6. The Morgan fingerprint density at radius 1 is 1.00 bits per heavy atom. The molecule has 3 aromatic rings. The lowest BCUT2D eigenvalue weighted by molar-refractivity contribution is 0.602. The Bertz CT molecular complexity index is 898. The molecule has 4 nitrogen and oxygen atoms in total. The monoisotopic (exact) mass is 316 g/mol.